The summed E-state index contributed by atoms with van der Waals surface area (Å²) in [6.45, 7) is 2.03. The SMILES string of the molecule is C/C=C/c1nc(-c2ccccc2)n(-c2ccccc2)c1-c1ccccc1. The summed E-state index contributed by atoms with van der Waals surface area (Å²) in [5.41, 5.74) is 5.44. The Hall–Kier alpha value is -3.39. The van der Waals surface area contributed by atoms with Crippen LogP contribution in [0.15, 0.2) is 97.1 Å². The van der Waals surface area contributed by atoms with Gasteiger partial charge >= 0.3 is 0 Å². The van der Waals surface area contributed by atoms with Crippen LogP contribution in [-0.4, -0.2) is 9.55 Å². The minimum Gasteiger partial charge on any atom is -0.292 e. The average Bonchev–Trinajstić information content (AvgIpc) is 3.09. The van der Waals surface area contributed by atoms with Gasteiger partial charge in [0.05, 0.1) is 11.4 Å². The third kappa shape index (κ3) is 2.98. The molecule has 4 rings (SSSR count). The Morgan fingerprint density at radius 2 is 1.23 bits per heavy atom. The maximum Gasteiger partial charge on any atom is 0.145 e. The standard InChI is InChI=1S/C24H20N2/c1-2-12-22-23(19-13-6-3-7-14-19)26(21-17-10-5-11-18-21)24(25-22)20-15-8-4-9-16-20/h2-18H,1H3/b12-2+. The lowest BCUT2D eigenvalue weighted by molar-refractivity contribution is 1.07. The molecule has 26 heavy (non-hydrogen) atoms. The Balaban J connectivity index is 2.07. The molecule has 0 saturated carbocycles. The van der Waals surface area contributed by atoms with E-state index in [2.05, 4.69) is 83.4 Å². The lowest BCUT2D eigenvalue weighted by Crippen LogP contribution is -2.00. The topological polar surface area (TPSA) is 17.8 Å². The molecule has 126 valence electrons. The molecule has 0 aliphatic rings. The molecule has 0 bridgehead atoms. The van der Waals surface area contributed by atoms with Crippen LogP contribution in [0, 0.1) is 0 Å². The summed E-state index contributed by atoms with van der Waals surface area (Å²) in [5.74, 6) is 0.948. The maximum absolute atomic E-state index is 5.00. The summed E-state index contributed by atoms with van der Waals surface area (Å²) >= 11 is 0. The molecule has 0 fully saturated rings. The van der Waals surface area contributed by atoms with E-state index in [1.807, 2.05) is 31.2 Å². The quantitative estimate of drug-likeness (QED) is 0.431. The summed E-state index contributed by atoms with van der Waals surface area (Å²) in [6, 6.07) is 31.2. The van der Waals surface area contributed by atoms with Crippen molar-refractivity contribution in [3.8, 4) is 28.3 Å². The van der Waals surface area contributed by atoms with Crippen molar-refractivity contribution in [1.29, 1.82) is 0 Å². The van der Waals surface area contributed by atoms with Crippen molar-refractivity contribution in [2.75, 3.05) is 0 Å². The van der Waals surface area contributed by atoms with Gasteiger partial charge in [0.2, 0.25) is 0 Å². The second kappa shape index (κ2) is 7.24. The van der Waals surface area contributed by atoms with Gasteiger partial charge in [0.1, 0.15) is 5.82 Å². The number of allylic oxidation sites excluding steroid dienone is 1. The fraction of sp³-hybridized carbons (Fsp3) is 0.0417. The number of hydrogen-bond donors (Lipinski definition) is 0. The van der Waals surface area contributed by atoms with Gasteiger partial charge in [-0.05, 0) is 25.1 Å². The first kappa shape index (κ1) is 16.1. The van der Waals surface area contributed by atoms with Crippen molar-refractivity contribution in [3.05, 3.63) is 103 Å². The van der Waals surface area contributed by atoms with Crippen LogP contribution in [0.5, 0.6) is 0 Å². The Bertz CT molecular complexity index is 1010. The molecule has 1 aromatic heterocycles. The molecule has 0 spiro atoms. The summed E-state index contributed by atoms with van der Waals surface area (Å²) in [7, 11) is 0. The number of benzene rings is 3. The predicted molar refractivity (Wildman–Crippen MR) is 109 cm³/mol. The van der Waals surface area contributed by atoms with E-state index in [1.54, 1.807) is 0 Å². The minimum absolute atomic E-state index is 0.948. The van der Waals surface area contributed by atoms with Crippen LogP contribution >= 0.6 is 0 Å². The van der Waals surface area contributed by atoms with Crippen molar-refractivity contribution in [3.63, 3.8) is 0 Å². The highest BCUT2D eigenvalue weighted by Crippen LogP contribution is 2.34. The van der Waals surface area contributed by atoms with Gasteiger partial charge in [0.15, 0.2) is 0 Å². The smallest absolute Gasteiger partial charge is 0.145 e. The molecule has 0 aliphatic carbocycles. The second-order valence-corrected chi connectivity index (χ2v) is 6.07. The van der Waals surface area contributed by atoms with Crippen LogP contribution in [0.3, 0.4) is 0 Å². The molecule has 1 heterocycles. The number of imidazole rings is 1. The Morgan fingerprint density at radius 3 is 1.81 bits per heavy atom. The van der Waals surface area contributed by atoms with Gasteiger partial charge in [-0.25, -0.2) is 4.98 Å². The van der Waals surface area contributed by atoms with E-state index < -0.39 is 0 Å². The number of aromatic nitrogens is 2. The van der Waals surface area contributed by atoms with Crippen LogP contribution in [-0.2, 0) is 0 Å². The summed E-state index contributed by atoms with van der Waals surface area (Å²) in [4.78, 5) is 5.00. The fourth-order valence-corrected chi connectivity index (χ4v) is 3.19. The third-order valence-electron chi connectivity index (χ3n) is 4.32. The molecule has 0 atom stereocenters. The van der Waals surface area contributed by atoms with Crippen molar-refractivity contribution < 1.29 is 0 Å². The molecular formula is C24H20N2. The van der Waals surface area contributed by atoms with Crippen LogP contribution in [0.25, 0.3) is 34.4 Å². The van der Waals surface area contributed by atoms with E-state index in [1.165, 1.54) is 0 Å². The van der Waals surface area contributed by atoms with Crippen molar-refractivity contribution in [2.24, 2.45) is 0 Å². The Labute approximate surface area is 154 Å². The van der Waals surface area contributed by atoms with Gasteiger partial charge in [-0.15, -0.1) is 0 Å². The van der Waals surface area contributed by atoms with Gasteiger partial charge in [-0.1, -0.05) is 84.9 Å². The van der Waals surface area contributed by atoms with Crippen molar-refractivity contribution in [2.45, 2.75) is 6.92 Å². The van der Waals surface area contributed by atoms with E-state index in [4.69, 9.17) is 4.98 Å². The maximum atomic E-state index is 5.00. The van der Waals surface area contributed by atoms with Gasteiger partial charge in [0, 0.05) is 16.8 Å². The van der Waals surface area contributed by atoms with E-state index in [0.29, 0.717) is 0 Å². The van der Waals surface area contributed by atoms with E-state index in [0.717, 1.165) is 34.0 Å². The Morgan fingerprint density at radius 1 is 0.692 bits per heavy atom. The molecule has 0 saturated heterocycles. The summed E-state index contributed by atoms with van der Waals surface area (Å²) in [6.07, 6.45) is 4.12. The van der Waals surface area contributed by atoms with Gasteiger partial charge < -0.3 is 0 Å². The number of nitrogens with zero attached hydrogens (tertiary/aromatic N) is 2. The fourth-order valence-electron chi connectivity index (χ4n) is 3.19. The van der Waals surface area contributed by atoms with E-state index in [9.17, 15) is 0 Å². The zero-order valence-corrected chi connectivity index (χ0v) is 14.7. The predicted octanol–water partition coefficient (Wildman–Crippen LogP) is 6.24. The Kier molecular flexibility index (Phi) is 4.48. The molecule has 0 aliphatic heterocycles. The molecule has 0 amide bonds. The highest BCUT2D eigenvalue weighted by atomic mass is 15.1. The highest BCUT2D eigenvalue weighted by Gasteiger charge is 2.19. The van der Waals surface area contributed by atoms with Crippen molar-refractivity contribution in [1.82, 2.24) is 9.55 Å². The van der Waals surface area contributed by atoms with Gasteiger partial charge in [0.25, 0.3) is 0 Å². The second-order valence-electron chi connectivity index (χ2n) is 6.07. The zero-order chi connectivity index (χ0) is 17.8. The van der Waals surface area contributed by atoms with E-state index in [-0.39, 0.29) is 0 Å². The largest absolute Gasteiger partial charge is 0.292 e. The highest BCUT2D eigenvalue weighted by molar-refractivity contribution is 5.77. The third-order valence-corrected chi connectivity index (χ3v) is 4.32. The van der Waals surface area contributed by atoms with E-state index >= 15 is 0 Å². The first-order chi connectivity index (χ1) is 12.9. The number of rotatable bonds is 4. The molecular weight excluding hydrogens is 316 g/mol. The van der Waals surface area contributed by atoms with Crippen LogP contribution < -0.4 is 0 Å². The van der Waals surface area contributed by atoms with Gasteiger partial charge in [-0.3, -0.25) is 4.57 Å². The first-order valence-corrected chi connectivity index (χ1v) is 8.80. The summed E-state index contributed by atoms with van der Waals surface area (Å²) < 4.78 is 2.25. The summed E-state index contributed by atoms with van der Waals surface area (Å²) in [5, 5.41) is 0. The first-order valence-electron chi connectivity index (χ1n) is 8.80. The minimum atomic E-state index is 0.948. The van der Waals surface area contributed by atoms with Crippen molar-refractivity contribution >= 4 is 6.08 Å². The van der Waals surface area contributed by atoms with Crippen LogP contribution in [0.2, 0.25) is 0 Å². The van der Waals surface area contributed by atoms with Crippen LogP contribution in [0.4, 0.5) is 0 Å². The molecule has 0 radical (unpaired) electrons. The zero-order valence-electron chi connectivity index (χ0n) is 14.7. The normalized spacial score (nSPS) is 11.1. The number of hydrogen-bond acceptors (Lipinski definition) is 1. The molecule has 2 nitrogen and oxygen atoms in total. The number of para-hydroxylation sites is 1. The average molecular weight is 336 g/mol. The van der Waals surface area contributed by atoms with Crippen LogP contribution in [0.1, 0.15) is 12.6 Å². The van der Waals surface area contributed by atoms with Gasteiger partial charge in [-0.2, -0.15) is 0 Å². The molecule has 0 unspecified atom stereocenters. The molecule has 3 aromatic carbocycles. The monoisotopic (exact) mass is 336 g/mol. The lowest BCUT2D eigenvalue weighted by Gasteiger charge is -2.13. The lowest BCUT2D eigenvalue weighted by atomic mass is 10.1. The molecule has 4 aromatic rings. The molecule has 0 N–H and O–H groups in total. The molecule has 2 heteroatoms.